The van der Waals surface area contributed by atoms with E-state index in [2.05, 4.69) is 15.9 Å². The largest absolute Gasteiger partial charge is 0.508 e. The number of phenols is 1. The summed E-state index contributed by atoms with van der Waals surface area (Å²) in [5, 5.41) is 20.0. The molecule has 0 saturated carbocycles. The van der Waals surface area contributed by atoms with Crippen molar-refractivity contribution in [1.29, 1.82) is 0 Å². The van der Waals surface area contributed by atoms with Gasteiger partial charge >= 0.3 is 0 Å². The number of halogens is 1. The maximum atomic E-state index is 10.8. The Morgan fingerprint density at radius 3 is 2.33 bits per heavy atom. The van der Waals surface area contributed by atoms with Crippen LogP contribution in [0.2, 0.25) is 0 Å². The summed E-state index contributed by atoms with van der Waals surface area (Å²) >= 11 is 4.54. The Morgan fingerprint density at radius 1 is 1.11 bits per heavy atom. The van der Waals surface area contributed by atoms with Gasteiger partial charge in [0.1, 0.15) is 5.75 Å². The van der Waals surface area contributed by atoms with Crippen molar-refractivity contribution in [1.82, 2.24) is 0 Å². The van der Waals surface area contributed by atoms with Crippen molar-refractivity contribution in [2.45, 2.75) is 9.79 Å². The predicted molar refractivity (Wildman–Crippen MR) is 73.0 cm³/mol. The fourth-order valence-corrected chi connectivity index (χ4v) is 2.59. The number of hydrogen-bond donors (Lipinski definition) is 1. The smallest absolute Gasteiger partial charge is 0.284 e. The summed E-state index contributed by atoms with van der Waals surface area (Å²) in [5.74, 6) is 0.195. The number of benzene rings is 2. The summed E-state index contributed by atoms with van der Waals surface area (Å²) < 4.78 is 0.461. The number of nitro benzene ring substituents is 1. The topological polar surface area (TPSA) is 63.4 Å². The lowest BCUT2D eigenvalue weighted by molar-refractivity contribution is -0.385. The van der Waals surface area contributed by atoms with Crippen molar-refractivity contribution in [3.63, 3.8) is 0 Å². The molecule has 4 nitrogen and oxygen atoms in total. The summed E-state index contributed by atoms with van der Waals surface area (Å²) in [6, 6.07) is 11.6. The van der Waals surface area contributed by atoms with Crippen LogP contribution in [-0.2, 0) is 0 Å². The highest BCUT2D eigenvalue weighted by Crippen LogP contribution is 2.34. The second-order valence-corrected chi connectivity index (χ2v) is 5.47. The standard InChI is InChI=1S/C12H8BrNO3S/c13-11-6-5-10(7-12(11)14(16)17)18-9-3-1-8(15)2-4-9/h1-7,15H. The van der Waals surface area contributed by atoms with Crippen LogP contribution in [0.4, 0.5) is 5.69 Å². The fourth-order valence-electron chi connectivity index (χ4n) is 1.35. The van der Waals surface area contributed by atoms with Gasteiger partial charge in [0.25, 0.3) is 5.69 Å². The monoisotopic (exact) mass is 325 g/mol. The van der Waals surface area contributed by atoms with Gasteiger partial charge in [0.15, 0.2) is 0 Å². The molecule has 0 atom stereocenters. The molecule has 0 saturated heterocycles. The van der Waals surface area contributed by atoms with E-state index in [0.717, 1.165) is 9.79 Å². The van der Waals surface area contributed by atoms with Crippen molar-refractivity contribution in [3.8, 4) is 5.75 Å². The van der Waals surface area contributed by atoms with E-state index in [1.807, 2.05) is 0 Å². The molecule has 0 aliphatic rings. The SMILES string of the molecule is O=[N+]([O-])c1cc(Sc2ccc(O)cc2)ccc1Br. The van der Waals surface area contributed by atoms with Gasteiger partial charge in [-0.3, -0.25) is 10.1 Å². The summed E-state index contributed by atoms with van der Waals surface area (Å²) in [6.07, 6.45) is 0. The minimum absolute atomic E-state index is 0.0405. The van der Waals surface area contributed by atoms with Crippen LogP contribution in [0, 0.1) is 10.1 Å². The number of hydrogen-bond acceptors (Lipinski definition) is 4. The van der Waals surface area contributed by atoms with E-state index in [9.17, 15) is 15.2 Å². The molecule has 0 aliphatic heterocycles. The molecular formula is C12H8BrNO3S. The Labute approximate surface area is 116 Å². The van der Waals surface area contributed by atoms with Crippen LogP contribution in [0.25, 0.3) is 0 Å². The molecule has 0 fully saturated rings. The van der Waals surface area contributed by atoms with E-state index in [-0.39, 0.29) is 11.4 Å². The van der Waals surface area contributed by atoms with Crippen molar-refractivity contribution in [2.24, 2.45) is 0 Å². The third-order valence-electron chi connectivity index (χ3n) is 2.19. The lowest BCUT2D eigenvalue weighted by Crippen LogP contribution is -1.89. The van der Waals surface area contributed by atoms with E-state index in [1.54, 1.807) is 36.4 Å². The number of nitro groups is 1. The molecule has 0 radical (unpaired) electrons. The minimum Gasteiger partial charge on any atom is -0.508 e. The molecule has 0 unspecified atom stereocenters. The number of phenolic OH excluding ortho intramolecular Hbond substituents is 1. The second-order valence-electron chi connectivity index (χ2n) is 3.47. The molecule has 18 heavy (non-hydrogen) atoms. The number of aromatic hydroxyl groups is 1. The van der Waals surface area contributed by atoms with Gasteiger partial charge < -0.3 is 5.11 Å². The van der Waals surface area contributed by atoms with Crippen molar-refractivity contribution in [3.05, 3.63) is 57.1 Å². The number of rotatable bonds is 3. The van der Waals surface area contributed by atoms with Gasteiger partial charge in [0.2, 0.25) is 0 Å². The minimum atomic E-state index is -0.426. The van der Waals surface area contributed by atoms with Gasteiger partial charge in [0.05, 0.1) is 9.40 Å². The molecule has 0 bridgehead atoms. The summed E-state index contributed by atoms with van der Waals surface area (Å²) in [6.45, 7) is 0. The highest BCUT2D eigenvalue weighted by molar-refractivity contribution is 9.10. The van der Waals surface area contributed by atoms with Crippen LogP contribution < -0.4 is 0 Å². The molecule has 2 aromatic rings. The summed E-state index contributed by atoms with van der Waals surface area (Å²) in [4.78, 5) is 12.1. The first kappa shape index (κ1) is 12.9. The molecular weight excluding hydrogens is 318 g/mol. The van der Waals surface area contributed by atoms with Gasteiger partial charge in [-0.1, -0.05) is 11.8 Å². The van der Waals surface area contributed by atoms with Crippen LogP contribution in [0.15, 0.2) is 56.7 Å². The zero-order valence-electron chi connectivity index (χ0n) is 9.04. The zero-order chi connectivity index (χ0) is 13.1. The Kier molecular flexibility index (Phi) is 3.88. The average molecular weight is 326 g/mol. The molecule has 2 rings (SSSR count). The van der Waals surface area contributed by atoms with E-state index in [0.29, 0.717) is 4.47 Å². The molecule has 0 spiro atoms. The summed E-state index contributed by atoms with van der Waals surface area (Å²) in [7, 11) is 0. The first-order valence-corrected chi connectivity index (χ1v) is 6.58. The first-order valence-electron chi connectivity index (χ1n) is 4.97. The second kappa shape index (κ2) is 5.41. The van der Waals surface area contributed by atoms with Crippen molar-refractivity contribution < 1.29 is 10.0 Å². The van der Waals surface area contributed by atoms with Crippen LogP contribution in [-0.4, -0.2) is 10.0 Å². The highest BCUT2D eigenvalue weighted by Gasteiger charge is 2.12. The van der Waals surface area contributed by atoms with E-state index in [1.165, 1.54) is 17.8 Å². The lowest BCUT2D eigenvalue weighted by atomic mass is 10.3. The summed E-state index contributed by atoms with van der Waals surface area (Å²) in [5.41, 5.74) is 0.0405. The Balaban J connectivity index is 2.27. The molecule has 0 amide bonds. The van der Waals surface area contributed by atoms with Gasteiger partial charge in [-0.15, -0.1) is 0 Å². The Hall–Kier alpha value is -1.53. The van der Waals surface area contributed by atoms with E-state index >= 15 is 0 Å². The van der Waals surface area contributed by atoms with Crippen molar-refractivity contribution >= 4 is 33.4 Å². The average Bonchev–Trinajstić information content (AvgIpc) is 2.34. The molecule has 0 heterocycles. The normalized spacial score (nSPS) is 10.3. The molecule has 1 N–H and O–H groups in total. The molecule has 6 heteroatoms. The van der Waals surface area contributed by atoms with Crippen LogP contribution >= 0.6 is 27.7 Å². The lowest BCUT2D eigenvalue weighted by Gasteiger charge is -2.03. The quantitative estimate of drug-likeness (QED) is 0.678. The maximum Gasteiger partial charge on any atom is 0.284 e. The van der Waals surface area contributed by atoms with Gasteiger partial charge in [-0.25, -0.2) is 0 Å². The molecule has 2 aromatic carbocycles. The van der Waals surface area contributed by atoms with Gasteiger partial charge in [-0.2, -0.15) is 0 Å². The Morgan fingerprint density at radius 2 is 1.72 bits per heavy atom. The molecule has 92 valence electrons. The predicted octanol–water partition coefficient (Wildman–Crippen LogP) is 4.21. The fraction of sp³-hybridized carbons (Fsp3) is 0. The van der Waals surface area contributed by atoms with Crippen LogP contribution in [0.1, 0.15) is 0 Å². The van der Waals surface area contributed by atoms with E-state index in [4.69, 9.17) is 0 Å². The van der Waals surface area contributed by atoms with E-state index < -0.39 is 4.92 Å². The number of nitrogens with zero attached hydrogens (tertiary/aromatic N) is 1. The first-order chi connectivity index (χ1) is 8.56. The maximum absolute atomic E-state index is 10.8. The third-order valence-corrected chi connectivity index (χ3v) is 3.85. The van der Waals surface area contributed by atoms with Crippen LogP contribution in [0.5, 0.6) is 5.75 Å². The van der Waals surface area contributed by atoms with Crippen molar-refractivity contribution in [2.75, 3.05) is 0 Å². The van der Waals surface area contributed by atoms with Gasteiger partial charge in [0, 0.05) is 15.9 Å². The van der Waals surface area contributed by atoms with Crippen LogP contribution in [0.3, 0.4) is 0 Å². The molecule has 0 aromatic heterocycles. The Bertz CT molecular complexity index is 586. The highest BCUT2D eigenvalue weighted by atomic mass is 79.9. The zero-order valence-corrected chi connectivity index (χ0v) is 11.4. The molecule has 0 aliphatic carbocycles. The van der Waals surface area contributed by atoms with Gasteiger partial charge in [-0.05, 0) is 52.3 Å². The third kappa shape index (κ3) is 3.02.